The maximum absolute atomic E-state index is 11.3. The van der Waals surface area contributed by atoms with Gasteiger partial charge < -0.3 is 15.8 Å². The lowest BCUT2D eigenvalue weighted by Crippen LogP contribution is -2.27. The molecule has 0 aliphatic rings. The molecule has 2 aromatic rings. The number of aliphatic imine (C=N–C) groups is 1. The van der Waals surface area contributed by atoms with Crippen molar-refractivity contribution in [2.24, 2.45) is 10.7 Å². The van der Waals surface area contributed by atoms with Crippen molar-refractivity contribution >= 4 is 21.7 Å². The molecule has 2 aromatic carbocycles. The fraction of sp³-hybridized carbons (Fsp3) is 0.278. The maximum atomic E-state index is 11.3. The molecule has 0 spiro atoms. The number of nitrogens with zero attached hydrogens (tertiary/aromatic N) is 1. The van der Waals surface area contributed by atoms with Crippen LogP contribution in [0, 0.1) is 0 Å². The molecule has 26 heavy (non-hydrogen) atoms. The summed E-state index contributed by atoms with van der Waals surface area (Å²) >= 11 is 0. The summed E-state index contributed by atoms with van der Waals surface area (Å²) in [6.45, 7) is 2.36. The van der Waals surface area contributed by atoms with E-state index in [9.17, 15) is 8.42 Å². The van der Waals surface area contributed by atoms with Gasteiger partial charge in [-0.2, -0.15) is 0 Å². The molecule has 0 aliphatic carbocycles. The lowest BCUT2D eigenvalue weighted by molar-refractivity contribution is 0.483. The van der Waals surface area contributed by atoms with Gasteiger partial charge in [-0.15, -0.1) is 0 Å². The molecule has 8 heteroatoms. The van der Waals surface area contributed by atoms with E-state index >= 15 is 0 Å². The highest BCUT2D eigenvalue weighted by Crippen LogP contribution is 2.23. The molecule has 0 saturated heterocycles. The van der Waals surface area contributed by atoms with Crippen LogP contribution < -0.4 is 20.5 Å². The fourth-order valence-electron chi connectivity index (χ4n) is 2.06. The van der Waals surface area contributed by atoms with Crippen LogP contribution in [0.2, 0.25) is 0 Å². The molecule has 0 atom stereocenters. The van der Waals surface area contributed by atoms with E-state index in [2.05, 4.69) is 15.0 Å². The summed E-state index contributed by atoms with van der Waals surface area (Å²) in [5.74, 6) is 1.77. The number of rotatable bonds is 9. The molecule has 0 heterocycles. The van der Waals surface area contributed by atoms with Gasteiger partial charge in [-0.05, 0) is 37.6 Å². The molecule has 2 rings (SSSR count). The zero-order valence-corrected chi connectivity index (χ0v) is 15.5. The zero-order chi connectivity index (χ0) is 18.8. The molecule has 0 fully saturated rings. The molecule has 0 amide bonds. The van der Waals surface area contributed by atoms with Crippen molar-refractivity contribution < 1.29 is 13.2 Å². The second-order valence-electron chi connectivity index (χ2n) is 5.49. The quantitative estimate of drug-likeness (QED) is 0.354. The molecule has 0 saturated carbocycles. The summed E-state index contributed by atoms with van der Waals surface area (Å²) in [5.41, 5.74) is 6.62. The average molecular weight is 376 g/mol. The first-order valence-corrected chi connectivity index (χ1v) is 10.0. The van der Waals surface area contributed by atoms with E-state index in [-0.39, 0.29) is 11.7 Å². The first kappa shape index (κ1) is 19.7. The smallest absolute Gasteiger partial charge is 0.211 e. The van der Waals surface area contributed by atoms with Crippen LogP contribution in [-0.2, 0) is 10.0 Å². The number of nitrogens with one attached hydrogen (secondary N) is 2. The number of guanidine groups is 1. The number of para-hydroxylation sites is 1. The van der Waals surface area contributed by atoms with E-state index in [1.54, 1.807) is 6.92 Å². The van der Waals surface area contributed by atoms with E-state index in [1.807, 2.05) is 54.6 Å². The Labute approximate surface area is 154 Å². The summed E-state index contributed by atoms with van der Waals surface area (Å²) in [7, 11) is -3.16. The summed E-state index contributed by atoms with van der Waals surface area (Å²) in [6, 6.07) is 16.9. The normalized spacial score (nSPS) is 12.0. The number of hydrogen-bond donors (Lipinski definition) is 3. The van der Waals surface area contributed by atoms with Crippen molar-refractivity contribution in [3.05, 3.63) is 54.6 Å². The van der Waals surface area contributed by atoms with Crippen LogP contribution in [0.3, 0.4) is 0 Å². The van der Waals surface area contributed by atoms with Crippen LogP contribution in [0.1, 0.15) is 13.3 Å². The predicted molar refractivity (Wildman–Crippen MR) is 105 cm³/mol. The van der Waals surface area contributed by atoms with E-state index in [0.29, 0.717) is 25.3 Å². The Morgan fingerprint density at radius 1 is 1.12 bits per heavy atom. The fourth-order valence-corrected chi connectivity index (χ4v) is 2.72. The molecule has 140 valence electrons. The molecule has 4 N–H and O–H groups in total. The van der Waals surface area contributed by atoms with Crippen LogP contribution >= 0.6 is 0 Å². The summed E-state index contributed by atoms with van der Waals surface area (Å²) in [4.78, 5) is 4.19. The highest BCUT2D eigenvalue weighted by molar-refractivity contribution is 7.89. The van der Waals surface area contributed by atoms with Gasteiger partial charge in [-0.1, -0.05) is 24.3 Å². The van der Waals surface area contributed by atoms with Crippen LogP contribution in [0.15, 0.2) is 59.6 Å². The molecule has 0 bridgehead atoms. The SMILES string of the molecule is CCS(=O)(=O)NCCCN=C(N)Nc1cccc(Oc2ccccc2)c1. The van der Waals surface area contributed by atoms with Gasteiger partial charge in [0, 0.05) is 24.8 Å². The second kappa shape index (κ2) is 9.79. The third-order valence-corrected chi connectivity index (χ3v) is 4.81. The van der Waals surface area contributed by atoms with E-state index in [0.717, 1.165) is 11.4 Å². The molecule has 0 aliphatic heterocycles. The monoisotopic (exact) mass is 376 g/mol. The first-order valence-electron chi connectivity index (χ1n) is 8.36. The minimum Gasteiger partial charge on any atom is -0.457 e. The summed E-state index contributed by atoms with van der Waals surface area (Å²) in [5, 5.41) is 3.00. The lowest BCUT2D eigenvalue weighted by atomic mass is 10.3. The van der Waals surface area contributed by atoms with Crippen molar-refractivity contribution in [3.63, 3.8) is 0 Å². The Hall–Kier alpha value is -2.58. The van der Waals surface area contributed by atoms with Crippen LogP contribution in [0.5, 0.6) is 11.5 Å². The van der Waals surface area contributed by atoms with Crippen molar-refractivity contribution in [1.82, 2.24) is 4.72 Å². The number of hydrogen-bond acceptors (Lipinski definition) is 4. The topological polar surface area (TPSA) is 106 Å². The third-order valence-electron chi connectivity index (χ3n) is 3.40. The minimum atomic E-state index is -3.16. The molecule has 0 unspecified atom stereocenters. The Balaban J connectivity index is 1.83. The van der Waals surface area contributed by atoms with Gasteiger partial charge in [0.05, 0.1) is 5.75 Å². The minimum absolute atomic E-state index is 0.0708. The Morgan fingerprint density at radius 3 is 2.58 bits per heavy atom. The largest absolute Gasteiger partial charge is 0.457 e. The molecular weight excluding hydrogens is 352 g/mol. The number of anilines is 1. The third kappa shape index (κ3) is 7.12. The van der Waals surface area contributed by atoms with E-state index < -0.39 is 10.0 Å². The number of benzene rings is 2. The molecular formula is C18H24N4O3S. The number of nitrogens with two attached hydrogens (primary N) is 1. The van der Waals surface area contributed by atoms with Crippen LogP contribution in [0.25, 0.3) is 0 Å². The Bertz CT molecular complexity index is 823. The Morgan fingerprint density at radius 2 is 1.85 bits per heavy atom. The van der Waals surface area contributed by atoms with E-state index in [1.165, 1.54) is 0 Å². The number of ether oxygens (including phenoxy) is 1. The number of sulfonamides is 1. The van der Waals surface area contributed by atoms with Crippen molar-refractivity contribution in [1.29, 1.82) is 0 Å². The van der Waals surface area contributed by atoms with Crippen LogP contribution in [0.4, 0.5) is 5.69 Å². The first-order chi connectivity index (χ1) is 12.5. The van der Waals surface area contributed by atoms with Gasteiger partial charge in [-0.25, -0.2) is 13.1 Å². The van der Waals surface area contributed by atoms with E-state index in [4.69, 9.17) is 10.5 Å². The molecule has 0 radical (unpaired) electrons. The molecule has 0 aromatic heterocycles. The van der Waals surface area contributed by atoms with Crippen molar-refractivity contribution in [2.75, 3.05) is 24.2 Å². The van der Waals surface area contributed by atoms with Gasteiger partial charge in [0.25, 0.3) is 0 Å². The summed E-state index contributed by atoms with van der Waals surface area (Å²) in [6.07, 6.45) is 0.568. The maximum Gasteiger partial charge on any atom is 0.211 e. The lowest BCUT2D eigenvalue weighted by Gasteiger charge is -2.09. The predicted octanol–water partition coefficient (Wildman–Crippen LogP) is 2.53. The van der Waals surface area contributed by atoms with Crippen molar-refractivity contribution in [2.45, 2.75) is 13.3 Å². The summed E-state index contributed by atoms with van der Waals surface area (Å²) < 4.78 is 30.9. The second-order valence-corrected chi connectivity index (χ2v) is 7.58. The van der Waals surface area contributed by atoms with Gasteiger partial charge >= 0.3 is 0 Å². The van der Waals surface area contributed by atoms with Gasteiger partial charge in [-0.3, -0.25) is 4.99 Å². The highest BCUT2D eigenvalue weighted by Gasteiger charge is 2.04. The standard InChI is InChI=1S/C18H24N4O3S/c1-2-26(23,24)21-13-7-12-20-18(19)22-15-8-6-11-17(14-15)25-16-9-4-3-5-10-16/h3-6,8-11,14,21H,2,7,12-13H2,1H3,(H3,19,20,22). The van der Waals surface area contributed by atoms with Crippen molar-refractivity contribution in [3.8, 4) is 11.5 Å². The van der Waals surface area contributed by atoms with Gasteiger partial charge in [0.15, 0.2) is 5.96 Å². The van der Waals surface area contributed by atoms with Gasteiger partial charge in [0.2, 0.25) is 10.0 Å². The zero-order valence-electron chi connectivity index (χ0n) is 14.7. The highest BCUT2D eigenvalue weighted by atomic mass is 32.2. The van der Waals surface area contributed by atoms with Crippen LogP contribution in [-0.4, -0.2) is 33.2 Å². The average Bonchev–Trinajstić information content (AvgIpc) is 2.62. The van der Waals surface area contributed by atoms with Gasteiger partial charge in [0.1, 0.15) is 11.5 Å². The Kier molecular flexibility index (Phi) is 7.43. The molecule has 7 nitrogen and oxygen atoms in total.